The zero-order chi connectivity index (χ0) is 28.1. The number of aromatic nitrogens is 2. The van der Waals surface area contributed by atoms with Gasteiger partial charge in [0.1, 0.15) is 10.8 Å². The molecule has 0 N–H and O–H groups in total. The van der Waals surface area contributed by atoms with Gasteiger partial charge in [-0.2, -0.15) is 18.7 Å². The number of fused-ring (bicyclic) bond motifs is 1. The fraction of sp³-hybridized carbons (Fsp3) is 0.156. The van der Waals surface area contributed by atoms with Crippen LogP contribution in [-0.2, 0) is 22.3 Å². The van der Waals surface area contributed by atoms with E-state index in [0.29, 0.717) is 28.6 Å². The molecule has 1 aromatic heterocycles. The number of rotatable bonds is 9. The standard InChI is InChI=1S/C32H27N3O3S2/c1-3-28-30(29(20-33)26-16-15-24-11-7-8-12-25(24)19-26)34-32(39-21-23-9-5-4-6-10-23)35-31(28)38-40(36,37)27-17-13-22(2)14-18-27/h4-19,29H,3,21H2,1-2H3. The van der Waals surface area contributed by atoms with Gasteiger partial charge in [-0.25, -0.2) is 4.98 Å². The summed E-state index contributed by atoms with van der Waals surface area (Å²) in [5.74, 6) is -0.226. The molecule has 0 aliphatic carbocycles. The first-order valence-electron chi connectivity index (χ1n) is 12.8. The van der Waals surface area contributed by atoms with E-state index in [2.05, 4.69) is 11.1 Å². The number of aryl methyl sites for hydroxylation is 1. The van der Waals surface area contributed by atoms with Crippen LogP contribution in [0.3, 0.4) is 0 Å². The van der Waals surface area contributed by atoms with Crippen LogP contribution in [0.1, 0.15) is 40.8 Å². The lowest BCUT2D eigenvalue weighted by Gasteiger charge is -2.18. The minimum absolute atomic E-state index is 0.0326. The van der Waals surface area contributed by atoms with Crippen LogP contribution in [0.2, 0.25) is 0 Å². The van der Waals surface area contributed by atoms with Crippen LogP contribution in [0.25, 0.3) is 10.8 Å². The number of hydrogen-bond donors (Lipinski definition) is 0. The van der Waals surface area contributed by atoms with Crippen LogP contribution < -0.4 is 4.18 Å². The zero-order valence-corrected chi connectivity index (χ0v) is 23.7. The molecule has 5 aromatic rings. The maximum atomic E-state index is 13.3. The van der Waals surface area contributed by atoms with Gasteiger partial charge in [-0.3, -0.25) is 0 Å². The molecule has 0 amide bonds. The van der Waals surface area contributed by atoms with E-state index in [4.69, 9.17) is 9.17 Å². The molecule has 1 unspecified atom stereocenters. The molecule has 5 rings (SSSR count). The number of hydrogen-bond acceptors (Lipinski definition) is 7. The van der Waals surface area contributed by atoms with E-state index in [1.165, 1.54) is 23.9 Å². The van der Waals surface area contributed by atoms with Gasteiger partial charge >= 0.3 is 10.1 Å². The average Bonchev–Trinajstić information content (AvgIpc) is 2.97. The normalized spacial score (nSPS) is 12.1. The van der Waals surface area contributed by atoms with Crippen LogP contribution in [0.15, 0.2) is 107 Å². The first-order valence-corrected chi connectivity index (χ1v) is 15.2. The van der Waals surface area contributed by atoms with Crippen molar-refractivity contribution < 1.29 is 12.6 Å². The Morgan fingerprint density at radius 2 is 1.60 bits per heavy atom. The fourth-order valence-electron chi connectivity index (χ4n) is 4.42. The van der Waals surface area contributed by atoms with Crippen molar-refractivity contribution in [1.82, 2.24) is 9.97 Å². The quantitative estimate of drug-likeness (QED) is 0.106. The molecule has 0 aliphatic heterocycles. The Bertz CT molecular complexity index is 1800. The number of nitriles is 1. The molecule has 0 bridgehead atoms. The highest BCUT2D eigenvalue weighted by Gasteiger charge is 2.27. The third kappa shape index (κ3) is 6.01. The smallest absolute Gasteiger partial charge is 0.340 e. The predicted octanol–water partition coefficient (Wildman–Crippen LogP) is 7.22. The number of thioether (sulfide) groups is 1. The lowest BCUT2D eigenvalue weighted by molar-refractivity contribution is 0.466. The summed E-state index contributed by atoms with van der Waals surface area (Å²) in [6.07, 6.45) is 0.378. The van der Waals surface area contributed by atoms with Gasteiger partial charge < -0.3 is 4.18 Å². The molecular formula is C32H27N3O3S2. The largest absolute Gasteiger partial charge is 0.358 e. The average molecular weight is 566 g/mol. The van der Waals surface area contributed by atoms with Gasteiger partial charge in [0.25, 0.3) is 0 Å². The lowest BCUT2D eigenvalue weighted by Crippen LogP contribution is -2.16. The summed E-state index contributed by atoms with van der Waals surface area (Å²) in [5.41, 5.74) is 3.70. The second-order valence-electron chi connectivity index (χ2n) is 9.32. The van der Waals surface area contributed by atoms with E-state index in [1.54, 1.807) is 12.1 Å². The molecule has 1 atom stereocenters. The summed E-state index contributed by atoms with van der Waals surface area (Å²) in [6.45, 7) is 3.76. The zero-order valence-electron chi connectivity index (χ0n) is 22.1. The lowest BCUT2D eigenvalue weighted by atomic mass is 9.91. The maximum Gasteiger partial charge on any atom is 0.340 e. The molecule has 4 aromatic carbocycles. The van der Waals surface area contributed by atoms with Gasteiger partial charge in [-0.15, -0.1) is 0 Å². The van der Waals surface area contributed by atoms with Crippen molar-refractivity contribution in [1.29, 1.82) is 5.26 Å². The minimum Gasteiger partial charge on any atom is -0.358 e. The Morgan fingerprint density at radius 3 is 2.30 bits per heavy atom. The molecule has 40 heavy (non-hydrogen) atoms. The van der Waals surface area contributed by atoms with Gasteiger partial charge in [0.2, 0.25) is 5.88 Å². The molecule has 200 valence electrons. The molecule has 8 heteroatoms. The van der Waals surface area contributed by atoms with E-state index >= 15 is 0 Å². The second kappa shape index (κ2) is 11.9. The van der Waals surface area contributed by atoms with Crippen molar-refractivity contribution in [2.75, 3.05) is 0 Å². The molecule has 1 heterocycles. The summed E-state index contributed by atoms with van der Waals surface area (Å²) >= 11 is 1.36. The summed E-state index contributed by atoms with van der Waals surface area (Å²) < 4.78 is 32.3. The van der Waals surface area contributed by atoms with Crippen molar-refractivity contribution in [3.05, 3.63) is 125 Å². The molecule has 0 radical (unpaired) electrons. The Labute approximate surface area is 238 Å². The molecule has 0 saturated carbocycles. The van der Waals surface area contributed by atoms with Crippen LogP contribution in [0.4, 0.5) is 0 Å². The third-order valence-electron chi connectivity index (χ3n) is 6.55. The fourth-order valence-corrected chi connectivity index (χ4v) is 6.13. The summed E-state index contributed by atoms with van der Waals surface area (Å²) in [4.78, 5) is 9.40. The number of benzene rings is 4. The van der Waals surface area contributed by atoms with E-state index in [9.17, 15) is 13.7 Å². The third-order valence-corrected chi connectivity index (χ3v) is 8.70. The molecule has 0 saturated heterocycles. The van der Waals surface area contributed by atoms with Crippen LogP contribution in [-0.4, -0.2) is 18.4 Å². The van der Waals surface area contributed by atoms with Gasteiger partial charge in [0, 0.05) is 11.3 Å². The van der Waals surface area contributed by atoms with Gasteiger partial charge in [0.15, 0.2) is 5.16 Å². The maximum absolute atomic E-state index is 13.3. The molecule has 0 fully saturated rings. The van der Waals surface area contributed by atoms with E-state index in [1.807, 2.05) is 86.6 Å². The SMILES string of the molecule is CCc1c(OS(=O)(=O)c2ccc(C)cc2)nc(SCc2ccccc2)nc1C(C#N)c1ccc2ccccc2c1. The van der Waals surface area contributed by atoms with E-state index in [0.717, 1.165) is 27.5 Å². The highest BCUT2D eigenvalue weighted by Crippen LogP contribution is 2.35. The van der Waals surface area contributed by atoms with Crippen LogP contribution in [0, 0.1) is 18.3 Å². The van der Waals surface area contributed by atoms with Crippen molar-refractivity contribution in [3.63, 3.8) is 0 Å². The minimum atomic E-state index is -4.17. The highest BCUT2D eigenvalue weighted by molar-refractivity contribution is 7.98. The van der Waals surface area contributed by atoms with Crippen molar-refractivity contribution in [2.24, 2.45) is 0 Å². The van der Waals surface area contributed by atoms with Crippen LogP contribution in [0.5, 0.6) is 5.88 Å². The van der Waals surface area contributed by atoms with Crippen LogP contribution >= 0.6 is 11.8 Å². The number of nitrogens with zero attached hydrogens (tertiary/aromatic N) is 3. The monoisotopic (exact) mass is 565 g/mol. The molecule has 6 nitrogen and oxygen atoms in total. The highest BCUT2D eigenvalue weighted by atomic mass is 32.2. The Balaban J connectivity index is 1.61. The molecule has 0 aliphatic rings. The van der Waals surface area contributed by atoms with Gasteiger partial charge in [-0.05, 0) is 53.4 Å². The van der Waals surface area contributed by atoms with Crippen molar-refractivity contribution >= 4 is 32.7 Å². The van der Waals surface area contributed by atoms with E-state index < -0.39 is 16.0 Å². The summed E-state index contributed by atoms with van der Waals surface area (Å²) in [6, 6.07) is 32.5. The van der Waals surface area contributed by atoms with E-state index in [-0.39, 0.29) is 10.8 Å². The topological polar surface area (TPSA) is 92.9 Å². The first kappa shape index (κ1) is 27.4. The first-order chi connectivity index (χ1) is 19.4. The molecule has 0 spiro atoms. The van der Waals surface area contributed by atoms with Crippen molar-refractivity contribution in [2.45, 2.75) is 42.0 Å². The molecular weight excluding hydrogens is 539 g/mol. The Hall–Kier alpha value is -4.19. The Kier molecular flexibility index (Phi) is 8.15. The Morgan fingerprint density at radius 1 is 0.900 bits per heavy atom. The van der Waals surface area contributed by atoms with Gasteiger partial charge in [0.05, 0.1) is 11.8 Å². The summed E-state index contributed by atoms with van der Waals surface area (Å²) in [7, 11) is -4.17. The summed E-state index contributed by atoms with van der Waals surface area (Å²) in [5, 5.41) is 12.8. The van der Waals surface area contributed by atoms with Gasteiger partial charge in [-0.1, -0.05) is 103 Å². The predicted molar refractivity (Wildman–Crippen MR) is 158 cm³/mol. The second-order valence-corrected chi connectivity index (χ2v) is 11.8. The van der Waals surface area contributed by atoms with Crippen molar-refractivity contribution in [3.8, 4) is 11.9 Å².